The zero-order valence-corrected chi connectivity index (χ0v) is 10.5. The lowest BCUT2D eigenvalue weighted by Crippen LogP contribution is -2.16. The number of carbonyl (C=O) groups is 1. The van der Waals surface area contributed by atoms with Gasteiger partial charge in [0.05, 0.1) is 11.2 Å². The molecule has 96 valence electrons. The van der Waals surface area contributed by atoms with Crippen LogP contribution in [0.15, 0.2) is 36.8 Å². The van der Waals surface area contributed by atoms with Crippen LogP contribution in [0.3, 0.4) is 0 Å². The van der Waals surface area contributed by atoms with Gasteiger partial charge in [-0.15, -0.1) is 0 Å². The first kappa shape index (κ1) is 13.0. The van der Waals surface area contributed by atoms with Gasteiger partial charge in [-0.3, -0.25) is 15.2 Å². The zero-order chi connectivity index (χ0) is 13.8. The number of anilines is 1. The van der Waals surface area contributed by atoms with Crippen molar-refractivity contribution in [1.29, 1.82) is 5.41 Å². The predicted octanol–water partition coefficient (Wildman–Crippen LogP) is 1.67. The molecule has 7 heteroatoms. The van der Waals surface area contributed by atoms with Crippen LogP contribution in [-0.2, 0) is 0 Å². The standard InChI is InChI=1S/C12H10ClN5O/c13-9-2-1-7(5-8(9)11(14)15)18-12(19)10-6-16-3-4-17-10/h1-6H,(H3,14,15)(H,18,19). The maximum absolute atomic E-state index is 11.8. The van der Waals surface area contributed by atoms with Crippen LogP contribution < -0.4 is 11.1 Å². The molecule has 0 radical (unpaired) electrons. The molecule has 0 bridgehead atoms. The highest BCUT2D eigenvalue weighted by atomic mass is 35.5. The third-order valence-electron chi connectivity index (χ3n) is 2.31. The van der Waals surface area contributed by atoms with E-state index in [1.165, 1.54) is 24.7 Å². The molecule has 2 rings (SSSR count). The number of carbonyl (C=O) groups excluding carboxylic acids is 1. The number of aromatic nitrogens is 2. The molecule has 0 atom stereocenters. The minimum atomic E-state index is -0.398. The van der Waals surface area contributed by atoms with Crippen molar-refractivity contribution in [2.45, 2.75) is 0 Å². The van der Waals surface area contributed by atoms with Crippen LogP contribution in [-0.4, -0.2) is 21.7 Å². The lowest BCUT2D eigenvalue weighted by Gasteiger charge is -2.07. The fourth-order valence-electron chi connectivity index (χ4n) is 1.42. The maximum Gasteiger partial charge on any atom is 0.275 e. The molecule has 0 saturated heterocycles. The van der Waals surface area contributed by atoms with Crippen LogP contribution in [0.4, 0.5) is 5.69 Å². The molecule has 0 aliphatic carbocycles. The average Bonchev–Trinajstić information content (AvgIpc) is 2.41. The highest BCUT2D eigenvalue weighted by molar-refractivity contribution is 6.34. The summed E-state index contributed by atoms with van der Waals surface area (Å²) in [6.07, 6.45) is 4.27. The van der Waals surface area contributed by atoms with Gasteiger partial charge in [-0.1, -0.05) is 11.6 Å². The molecule has 0 fully saturated rings. The summed E-state index contributed by atoms with van der Waals surface area (Å²) in [4.78, 5) is 19.5. The first-order chi connectivity index (χ1) is 9.08. The summed E-state index contributed by atoms with van der Waals surface area (Å²) in [5.41, 5.74) is 6.42. The molecule has 0 unspecified atom stereocenters. The quantitative estimate of drug-likeness (QED) is 0.585. The van der Waals surface area contributed by atoms with Crippen molar-refractivity contribution in [3.63, 3.8) is 0 Å². The lowest BCUT2D eigenvalue weighted by molar-refractivity contribution is 0.102. The first-order valence-electron chi connectivity index (χ1n) is 5.29. The Morgan fingerprint density at radius 2 is 2.16 bits per heavy atom. The normalized spacial score (nSPS) is 9.95. The number of nitrogen functional groups attached to an aromatic ring is 1. The minimum Gasteiger partial charge on any atom is -0.384 e. The van der Waals surface area contributed by atoms with Crippen LogP contribution in [0.1, 0.15) is 16.1 Å². The van der Waals surface area contributed by atoms with E-state index in [4.69, 9.17) is 22.7 Å². The Balaban J connectivity index is 2.23. The van der Waals surface area contributed by atoms with E-state index in [0.29, 0.717) is 16.3 Å². The number of nitrogens with zero attached hydrogens (tertiary/aromatic N) is 2. The van der Waals surface area contributed by atoms with Gasteiger partial charge in [-0.2, -0.15) is 0 Å². The predicted molar refractivity (Wildman–Crippen MR) is 72.5 cm³/mol. The number of benzene rings is 1. The molecule has 1 aromatic carbocycles. The van der Waals surface area contributed by atoms with Gasteiger partial charge in [0.1, 0.15) is 11.5 Å². The summed E-state index contributed by atoms with van der Waals surface area (Å²) in [6.45, 7) is 0. The summed E-state index contributed by atoms with van der Waals surface area (Å²) >= 11 is 5.89. The largest absolute Gasteiger partial charge is 0.384 e. The van der Waals surface area contributed by atoms with Gasteiger partial charge < -0.3 is 11.1 Å². The van der Waals surface area contributed by atoms with E-state index in [9.17, 15) is 4.79 Å². The Kier molecular flexibility index (Phi) is 3.72. The highest BCUT2D eigenvalue weighted by Gasteiger charge is 2.10. The van der Waals surface area contributed by atoms with Gasteiger partial charge >= 0.3 is 0 Å². The second-order valence-corrected chi connectivity index (χ2v) is 4.06. The molecular weight excluding hydrogens is 266 g/mol. The SMILES string of the molecule is N=C(N)c1cc(NC(=O)c2cnccn2)ccc1Cl. The monoisotopic (exact) mass is 275 g/mol. The molecule has 0 aliphatic heterocycles. The molecule has 1 aromatic heterocycles. The number of amides is 1. The Bertz CT molecular complexity index is 629. The number of hydrogen-bond donors (Lipinski definition) is 3. The van der Waals surface area contributed by atoms with E-state index < -0.39 is 5.91 Å². The molecule has 1 amide bonds. The number of nitrogens with two attached hydrogens (primary N) is 1. The number of nitrogens with one attached hydrogen (secondary N) is 2. The Labute approximate surface area is 114 Å². The first-order valence-corrected chi connectivity index (χ1v) is 5.67. The third-order valence-corrected chi connectivity index (χ3v) is 2.64. The molecule has 0 saturated carbocycles. The van der Waals surface area contributed by atoms with Gasteiger partial charge in [0, 0.05) is 23.6 Å². The number of rotatable bonds is 3. The summed E-state index contributed by atoms with van der Waals surface area (Å²) in [5.74, 6) is -0.564. The molecule has 2 aromatic rings. The molecule has 1 heterocycles. The van der Waals surface area contributed by atoms with Crippen LogP contribution >= 0.6 is 11.6 Å². The smallest absolute Gasteiger partial charge is 0.275 e. The summed E-state index contributed by atoms with van der Waals surface area (Å²) in [6, 6.07) is 4.70. The Morgan fingerprint density at radius 3 is 2.79 bits per heavy atom. The van der Waals surface area contributed by atoms with E-state index in [1.54, 1.807) is 12.1 Å². The number of halogens is 1. The van der Waals surface area contributed by atoms with E-state index in [-0.39, 0.29) is 11.5 Å². The molecule has 4 N–H and O–H groups in total. The zero-order valence-electron chi connectivity index (χ0n) is 9.72. The van der Waals surface area contributed by atoms with E-state index in [0.717, 1.165) is 0 Å². The topological polar surface area (TPSA) is 105 Å². The van der Waals surface area contributed by atoms with Crippen LogP contribution in [0.5, 0.6) is 0 Å². The maximum atomic E-state index is 11.8. The van der Waals surface area contributed by atoms with Crippen molar-refractivity contribution in [2.24, 2.45) is 5.73 Å². The Hall–Kier alpha value is -2.47. The van der Waals surface area contributed by atoms with E-state index in [2.05, 4.69) is 15.3 Å². The van der Waals surface area contributed by atoms with E-state index in [1.807, 2.05) is 0 Å². The van der Waals surface area contributed by atoms with Gasteiger partial charge in [0.25, 0.3) is 5.91 Å². The summed E-state index contributed by atoms with van der Waals surface area (Å²) in [5, 5.41) is 10.4. The second-order valence-electron chi connectivity index (χ2n) is 3.65. The van der Waals surface area contributed by atoms with Crippen molar-refractivity contribution in [2.75, 3.05) is 5.32 Å². The van der Waals surface area contributed by atoms with Crippen molar-refractivity contribution in [3.05, 3.63) is 53.1 Å². The highest BCUT2D eigenvalue weighted by Crippen LogP contribution is 2.20. The van der Waals surface area contributed by atoms with Gasteiger partial charge in [-0.25, -0.2) is 4.98 Å². The second kappa shape index (κ2) is 5.45. The van der Waals surface area contributed by atoms with Gasteiger partial charge in [0.2, 0.25) is 0 Å². The molecule has 0 aliphatic rings. The minimum absolute atomic E-state index is 0.166. The van der Waals surface area contributed by atoms with Crippen LogP contribution in [0, 0.1) is 5.41 Å². The number of amidine groups is 1. The fourth-order valence-corrected chi connectivity index (χ4v) is 1.64. The van der Waals surface area contributed by atoms with E-state index >= 15 is 0 Å². The van der Waals surface area contributed by atoms with Crippen molar-refractivity contribution < 1.29 is 4.79 Å². The Morgan fingerprint density at radius 1 is 1.37 bits per heavy atom. The molecule has 0 spiro atoms. The van der Waals surface area contributed by atoms with Crippen LogP contribution in [0.25, 0.3) is 0 Å². The molecule has 6 nitrogen and oxygen atoms in total. The summed E-state index contributed by atoms with van der Waals surface area (Å²) in [7, 11) is 0. The van der Waals surface area contributed by atoms with Gasteiger partial charge in [-0.05, 0) is 18.2 Å². The summed E-state index contributed by atoms with van der Waals surface area (Å²) < 4.78 is 0. The van der Waals surface area contributed by atoms with Crippen molar-refractivity contribution in [1.82, 2.24) is 9.97 Å². The van der Waals surface area contributed by atoms with Gasteiger partial charge in [0.15, 0.2) is 0 Å². The van der Waals surface area contributed by atoms with Crippen LogP contribution in [0.2, 0.25) is 5.02 Å². The average molecular weight is 276 g/mol. The molecule has 19 heavy (non-hydrogen) atoms. The lowest BCUT2D eigenvalue weighted by atomic mass is 10.2. The van der Waals surface area contributed by atoms with Crippen molar-refractivity contribution >= 4 is 29.0 Å². The van der Waals surface area contributed by atoms with Crippen molar-refractivity contribution in [3.8, 4) is 0 Å². The number of hydrogen-bond acceptors (Lipinski definition) is 4. The fraction of sp³-hybridized carbons (Fsp3) is 0. The molecular formula is C12H10ClN5O. The third kappa shape index (κ3) is 3.05.